The monoisotopic (exact) mass is 353 g/mol. The Morgan fingerprint density at radius 3 is 2.58 bits per heavy atom. The number of amides is 1. The molecule has 0 radical (unpaired) electrons. The van der Waals surface area contributed by atoms with Crippen molar-refractivity contribution in [3.63, 3.8) is 0 Å². The third kappa shape index (κ3) is 4.49. The fourth-order valence-electron chi connectivity index (χ4n) is 3.06. The summed E-state index contributed by atoms with van der Waals surface area (Å²) in [6, 6.07) is 14.0. The number of methoxy groups -OCH3 is 1. The molecule has 0 bridgehead atoms. The van der Waals surface area contributed by atoms with E-state index in [1.807, 2.05) is 0 Å². The molecule has 1 aliphatic rings. The summed E-state index contributed by atoms with van der Waals surface area (Å²) in [6.07, 6.45) is 3.32. The molecule has 136 valence electrons. The Morgan fingerprint density at radius 2 is 1.88 bits per heavy atom. The van der Waals surface area contributed by atoms with Crippen molar-refractivity contribution in [3.8, 4) is 5.75 Å². The van der Waals surface area contributed by atoms with E-state index in [9.17, 15) is 9.59 Å². The third-order valence-electron chi connectivity index (χ3n) is 4.49. The van der Waals surface area contributed by atoms with Crippen molar-refractivity contribution in [2.75, 3.05) is 19.0 Å². The fourth-order valence-corrected chi connectivity index (χ4v) is 3.06. The molecule has 5 heteroatoms. The SMILES string of the molecule is COc1ccc(C(=O)c2ccccc2NC(=O)CC2CCCCO2)cc1. The number of rotatable bonds is 6. The number of benzene rings is 2. The topological polar surface area (TPSA) is 64.6 Å². The van der Waals surface area contributed by atoms with Gasteiger partial charge in [0.1, 0.15) is 5.75 Å². The van der Waals surface area contributed by atoms with Gasteiger partial charge in [0.2, 0.25) is 5.91 Å². The maximum atomic E-state index is 12.8. The van der Waals surface area contributed by atoms with E-state index in [1.54, 1.807) is 55.6 Å². The lowest BCUT2D eigenvalue weighted by molar-refractivity contribution is -0.119. The lowest BCUT2D eigenvalue weighted by Gasteiger charge is -2.22. The molecule has 2 aromatic carbocycles. The highest BCUT2D eigenvalue weighted by atomic mass is 16.5. The van der Waals surface area contributed by atoms with E-state index in [0.717, 1.165) is 19.3 Å². The molecule has 3 rings (SSSR count). The zero-order valence-electron chi connectivity index (χ0n) is 14.9. The van der Waals surface area contributed by atoms with E-state index in [0.29, 0.717) is 35.6 Å². The van der Waals surface area contributed by atoms with Crippen LogP contribution >= 0.6 is 0 Å². The Morgan fingerprint density at radius 1 is 1.12 bits per heavy atom. The van der Waals surface area contributed by atoms with Gasteiger partial charge in [-0.05, 0) is 55.7 Å². The van der Waals surface area contributed by atoms with E-state index < -0.39 is 0 Å². The van der Waals surface area contributed by atoms with E-state index in [1.165, 1.54) is 0 Å². The molecule has 2 aromatic rings. The Kier molecular flexibility index (Phi) is 6.02. The van der Waals surface area contributed by atoms with Crippen molar-refractivity contribution in [1.82, 2.24) is 0 Å². The van der Waals surface area contributed by atoms with Crippen LogP contribution in [0.15, 0.2) is 48.5 Å². The lowest BCUT2D eigenvalue weighted by atomic mass is 10.0. The first-order chi connectivity index (χ1) is 12.7. The second-order valence-corrected chi connectivity index (χ2v) is 6.34. The molecular formula is C21H23NO4. The van der Waals surface area contributed by atoms with E-state index in [2.05, 4.69) is 5.32 Å². The van der Waals surface area contributed by atoms with Crippen LogP contribution in [0, 0.1) is 0 Å². The van der Waals surface area contributed by atoms with Gasteiger partial charge in [0, 0.05) is 17.7 Å². The molecule has 1 atom stereocenters. The van der Waals surface area contributed by atoms with Crippen molar-refractivity contribution in [1.29, 1.82) is 0 Å². The number of carbonyl (C=O) groups excluding carboxylic acids is 2. The number of carbonyl (C=O) groups is 2. The highest BCUT2D eigenvalue weighted by Gasteiger charge is 2.20. The van der Waals surface area contributed by atoms with Crippen molar-refractivity contribution >= 4 is 17.4 Å². The maximum Gasteiger partial charge on any atom is 0.227 e. The van der Waals surface area contributed by atoms with Gasteiger partial charge in [-0.25, -0.2) is 0 Å². The first kappa shape index (κ1) is 18.1. The number of hydrogen-bond donors (Lipinski definition) is 1. The van der Waals surface area contributed by atoms with Crippen LogP contribution in [0.2, 0.25) is 0 Å². The van der Waals surface area contributed by atoms with Gasteiger partial charge in [0.25, 0.3) is 0 Å². The highest BCUT2D eigenvalue weighted by Crippen LogP contribution is 2.22. The van der Waals surface area contributed by atoms with Gasteiger partial charge in [-0.1, -0.05) is 12.1 Å². The van der Waals surface area contributed by atoms with Gasteiger partial charge in [0.15, 0.2) is 5.78 Å². The van der Waals surface area contributed by atoms with Gasteiger partial charge in [-0.2, -0.15) is 0 Å². The predicted octanol–water partition coefficient (Wildman–Crippen LogP) is 3.82. The Labute approximate surface area is 153 Å². The first-order valence-electron chi connectivity index (χ1n) is 8.86. The second-order valence-electron chi connectivity index (χ2n) is 6.34. The molecule has 0 aromatic heterocycles. The summed E-state index contributed by atoms with van der Waals surface area (Å²) in [7, 11) is 1.58. The summed E-state index contributed by atoms with van der Waals surface area (Å²) in [5, 5.41) is 2.87. The van der Waals surface area contributed by atoms with Crippen LogP contribution in [0.1, 0.15) is 41.6 Å². The van der Waals surface area contributed by atoms with Gasteiger partial charge in [0.05, 0.1) is 25.3 Å². The van der Waals surface area contributed by atoms with Gasteiger partial charge in [-0.15, -0.1) is 0 Å². The molecule has 0 spiro atoms. The number of hydrogen-bond acceptors (Lipinski definition) is 4. The average Bonchev–Trinajstić information content (AvgIpc) is 2.68. The largest absolute Gasteiger partial charge is 0.497 e. The van der Waals surface area contributed by atoms with Crippen molar-refractivity contribution in [3.05, 3.63) is 59.7 Å². The summed E-state index contributed by atoms with van der Waals surface area (Å²) in [6.45, 7) is 0.713. The van der Waals surface area contributed by atoms with Crippen LogP contribution in [-0.2, 0) is 9.53 Å². The maximum absolute atomic E-state index is 12.8. The Hall–Kier alpha value is -2.66. The van der Waals surface area contributed by atoms with E-state index in [4.69, 9.17) is 9.47 Å². The standard InChI is InChI=1S/C21H23NO4/c1-25-16-11-9-15(10-12-16)21(24)18-7-2-3-8-19(18)22-20(23)14-17-6-4-5-13-26-17/h2-3,7-12,17H,4-6,13-14H2,1H3,(H,22,23). The molecule has 1 N–H and O–H groups in total. The molecule has 26 heavy (non-hydrogen) atoms. The van der Waals surface area contributed by atoms with Crippen LogP contribution in [0.5, 0.6) is 5.75 Å². The summed E-state index contributed by atoms with van der Waals surface area (Å²) < 4.78 is 10.7. The molecule has 1 unspecified atom stereocenters. The van der Waals surface area contributed by atoms with Crippen molar-refractivity contribution in [2.24, 2.45) is 0 Å². The summed E-state index contributed by atoms with van der Waals surface area (Å²) in [5.41, 5.74) is 1.54. The second kappa shape index (κ2) is 8.63. The van der Waals surface area contributed by atoms with Crippen LogP contribution in [-0.4, -0.2) is 31.5 Å². The van der Waals surface area contributed by atoms with Crippen molar-refractivity contribution in [2.45, 2.75) is 31.8 Å². The minimum atomic E-state index is -0.141. The molecule has 0 saturated carbocycles. The number of ketones is 1. The fraction of sp³-hybridized carbons (Fsp3) is 0.333. The van der Waals surface area contributed by atoms with E-state index >= 15 is 0 Å². The normalized spacial score (nSPS) is 16.7. The average molecular weight is 353 g/mol. The third-order valence-corrected chi connectivity index (χ3v) is 4.49. The summed E-state index contributed by atoms with van der Waals surface area (Å²) >= 11 is 0. The zero-order chi connectivity index (χ0) is 18.4. The molecule has 5 nitrogen and oxygen atoms in total. The first-order valence-corrected chi connectivity index (χ1v) is 8.86. The van der Waals surface area contributed by atoms with Gasteiger partial charge < -0.3 is 14.8 Å². The summed E-state index contributed by atoms with van der Waals surface area (Å²) in [4.78, 5) is 25.2. The molecular weight excluding hydrogens is 330 g/mol. The molecule has 1 amide bonds. The smallest absolute Gasteiger partial charge is 0.227 e. The quantitative estimate of drug-likeness (QED) is 0.802. The van der Waals surface area contributed by atoms with Gasteiger partial charge >= 0.3 is 0 Å². The summed E-state index contributed by atoms with van der Waals surface area (Å²) in [5.74, 6) is 0.417. The molecule has 1 aliphatic heterocycles. The number of ether oxygens (including phenoxy) is 2. The number of para-hydroxylation sites is 1. The molecule has 0 aliphatic carbocycles. The Balaban J connectivity index is 1.72. The van der Waals surface area contributed by atoms with E-state index in [-0.39, 0.29) is 17.8 Å². The number of anilines is 1. The highest BCUT2D eigenvalue weighted by molar-refractivity contribution is 6.13. The molecule has 1 saturated heterocycles. The van der Waals surface area contributed by atoms with Crippen LogP contribution < -0.4 is 10.1 Å². The predicted molar refractivity (Wildman–Crippen MR) is 99.7 cm³/mol. The lowest BCUT2D eigenvalue weighted by Crippen LogP contribution is -2.26. The van der Waals surface area contributed by atoms with Crippen LogP contribution in [0.3, 0.4) is 0 Å². The van der Waals surface area contributed by atoms with Crippen LogP contribution in [0.4, 0.5) is 5.69 Å². The minimum absolute atomic E-state index is 0.0341. The molecule has 1 fully saturated rings. The Bertz CT molecular complexity index is 764. The minimum Gasteiger partial charge on any atom is -0.497 e. The van der Waals surface area contributed by atoms with Gasteiger partial charge in [-0.3, -0.25) is 9.59 Å². The van der Waals surface area contributed by atoms with Crippen molar-refractivity contribution < 1.29 is 19.1 Å². The number of nitrogens with one attached hydrogen (secondary N) is 1. The zero-order valence-corrected chi connectivity index (χ0v) is 14.9. The van der Waals surface area contributed by atoms with Crippen LogP contribution in [0.25, 0.3) is 0 Å². The molecule has 1 heterocycles.